The van der Waals surface area contributed by atoms with Crippen LogP contribution in [0.25, 0.3) is 0 Å². The van der Waals surface area contributed by atoms with Crippen LogP contribution in [0.15, 0.2) is 0 Å². The summed E-state index contributed by atoms with van der Waals surface area (Å²) in [5, 5.41) is 9.03. The van der Waals surface area contributed by atoms with Crippen LogP contribution in [-0.2, 0) is 9.68 Å². The van der Waals surface area contributed by atoms with E-state index in [4.69, 9.17) is 5.26 Å². The molecule has 0 aromatic heterocycles. The van der Waals surface area contributed by atoms with E-state index >= 15 is 0 Å². The minimum absolute atomic E-state index is 0.285. The molecule has 0 rings (SSSR count). The molecule has 0 aliphatic rings. The highest BCUT2D eigenvalue weighted by molar-refractivity contribution is 5.78. The molecular weight excluding hydrogens is 264 g/mol. The first kappa shape index (κ1) is 20.4. The van der Waals surface area contributed by atoms with Crippen molar-refractivity contribution in [2.75, 3.05) is 0 Å². The Balaban J connectivity index is 5.28. The van der Waals surface area contributed by atoms with E-state index in [9.17, 15) is 4.79 Å². The van der Waals surface area contributed by atoms with Crippen LogP contribution >= 0.6 is 0 Å². The van der Waals surface area contributed by atoms with E-state index < -0.39 is 11.4 Å². The summed E-state index contributed by atoms with van der Waals surface area (Å²) in [6, 6.07) is 0. The average molecular weight is 300 g/mol. The van der Waals surface area contributed by atoms with Gasteiger partial charge in [0, 0.05) is 0 Å². The zero-order chi connectivity index (χ0) is 17.1. The van der Waals surface area contributed by atoms with Crippen molar-refractivity contribution in [1.82, 2.24) is 0 Å². The van der Waals surface area contributed by atoms with Gasteiger partial charge in [-0.3, -0.25) is 0 Å². The molecule has 0 bridgehead atoms. The van der Waals surface area contributed by atoms with E-state index in [0.29, 0.717) is 5.41 Å². The van der Waals surface area contributed by atoms with Gasteiger partial charge in [0.05, 0.1) is 5.41 Å². The normalized spacial score (nSPS) is 14.2. The first-order chi connectivity index (χ1) is 9.19. The molecule has 0 spiro atoms. The molecule has 0 saturated heterocycles. The summed E-state index contributed by atoms with van der Waals surface area (Å²) < 4.78 is 0. The van der Waals surface area contributed by atoms with Crippen molar-refractivity contribution < 1.29 is 14.9 Å². The molecular formula is C18H36O3. The fourth-order valence-electron chi connectivity index (χ4n) is 3.71. The van der Waals surface area contributed by atoms with Crippen LogP contribution < -0.4 is 0 Å². The second-order valence-electron chi connectivity index (χ2n) is 9.55. The number of hydrogen-bond acceptors (Lipinski definition) is 3. The topological polar surface area (TPSA) is 46.5 Å². The van der Waals surface area contributed by atoms with E-state index in [1.165, 1.54) is 0 Å². The van der Waals surface area contributed by atoms with Gasteiger partial charge < -0.3 is 4.89 Å². The lowest BCUT2D eigenvalue weighted by Gasteiger charge is -2.50. The Morgan fingerprint density at radius 3 is 1.48 bits per heavy atom. The van der Waals surface area contributed by atoms with Gasteiger partial charge in [-0.1, -0.05) is 75.2 Å². The monoisotopic (exact) mass is 300 g/mol. The summed E-state index contributed by atoms with van der Waals surface area (Å²) in [4.78, 5) is 16.7. The van der Waals surface area contributed by atoms with Crippen LogP contribution in [0.1, 0.15) is 88.0 Å². The van der Waals surface area contributed by atoms with Crippen molar-refractivity contribution in [1.29, 1.82) is 0 Å². The smallest absolute Gasteiger partial charge is 0.300 e. The highest BCUT2D eigenvalue weighted by Crippen LogP contribution is 2.55. The molecule has 0 aromatic carbocycles. The average Bonchev–Trinajstić information content (AvgIpc) is 2.23. The van der Waals surface area contributed by atoms with Crippen LogP contribution in [-0.4, -0.2) is 11.2 Å². The van der Waals surface area contributed by atoms with Gasteiger partial charge in [-0.15, -0.1) is 0 Å². The Bertz CT molecular complexity index is 323. The van der Waals surface area contributed by atoms with Crippen LogP contribution in [0.5, 0.6) is 0 Å². The number of rotatable bonds is 5. The molecule has 0 amide bonds. The molecule has 21 heavy (non-hydrogen) atoms. The molecule has 0 aliphatic carbocycles. The summed E-state index contributed by atoms with van der Waals surface area (Å²) in [7, 11) is 0. The molecule has 3 nitrogen and oxygen atoms in total. The summed E-state index contributed by atoms with van der Waals surface area (Å²) in [5.74, 6) is -0.502. The second-order valence-corrected chi connectivity index (χ2v) is 9.55. The van der Waals surface area contributed by atoms with Gasteiger partial charge >= 0.3 is 5.97 Å². The Morgan fingerprint density at radius 1 is 0.810 bits per heavy atom. The zero-order valence-corrected chi connectivity index (χ0v) is 15.6. The second kappa shape index (κ2) is 6.68. The summed E-state index contributed by atoms with van der Waals surface area (Å²) in [6.07, 6.45) is 3.90. The molecule has 0 heterocycles. The van der Waals surface area contributed by atoms with E-state index in [-0.39, 0.29) is 10.8 Å². The predicted octanol–water partition coefficient (Wildman–Crippen LogP) is 5.69. The van der Waals surface area contributed by atoms with Crippen molar-refractivity contribution in [3.63, 3.8) is 0 Å². The minimum Gasteiger partial charge on any atom is -0.300 e. The fourth-order valence-corrected chi connectivity index (χ4v) is 3.71. The van der Waals surface area contributed by atoms with E-state index in [2.05, 4.69) is 67.2 Å². The van der Waals surface area contributed by atoms with Crippen molar-refractivity contribution in [2.45, 2.75) is 88.0 Å². The molecule has 0 atom stereocenters. The molecule has 0 unspecified atom stereocenters. The maximum atomic E-state index is 12.4. The van der Waals surface area contributed by atoms with Crippen LogP contribution in [0, 0.1) is 21.7 Å². The largest absolute Gasteiger partial charge is 0.349 e. The van der Waals surface area contributed by atoms with Gasteiger partial charge in [-0.05, 0) is 29.1 Å². The molecule has 1 N–H and O–H groups in total. The molecule has 0 saturated carbocycles. The van der Waals surface area contributed by atoms with E-state index in [1.54, 1.807) is 0 Å². The fraction of sp³-hybridized carbons (Fsp3) is 0.944. The van der Waals surface area contributed by atoms with Crippen LogP contribution in [0.2, 0.25) is 0 Å². The summed E-state index contributed by atoms with van der Waals surface area (Å²) in [6.45, 7) is 19.0. The third kappa shape index (κ3) is 4.98. The summed E-state index contributed by atoms with van der Waals surface area (Å²) >= 11 is 0. The molecule has 0 aromatic rings. The molecule has 3 heteroatoms. The highest BCUT2D eigenvalue weighted by atomic mass is 17.1. The van der Waals surface area contributed by atoms with Gasteiger partial charge in [0.15, 0.2) is 0 Å². The van der Waals surface area contributed by atoms with E-state index in [0.717, 1.165) is 25.7 Å². The van der Waals surface area contributed by atoms with Gasteiger partial charge in [-0.2, -0.15) is 5.26 Å². The number of hydrogen-bond donors (Lipinski definition) is 1. The van der Waals surface area contributed by atoms with Gasteiger partial charge in [0.2, 0.25) is 0 Å². The lowest BCUT2D eigenvalue weighted by atomic mass is 9.52. The quantitative estimate of drug-likeness (QED) is 0.403. The maximum Gasteiger partial charge on any atom is 0.349 e. The third-order valence-corrected chi connectivity index (χ3v) is 4.72. The maximum absolute atomic E-state index is 12.4. The standard InChI is InChI=1S/C18H36O3/c1-15(2,3)12-10-11-13-18(14(19)21-20,16(4,5)6)17(7,8)9/h20H,10-13H2,1-9H3. The SMILES string of the molecule is CC(C)(C)CCCCC(C(=O)OO)(C(C)(C)C)C(C)(C)C. The highest BCUT2D eigenvalue weighted by Gasteiger charge is 2.57. The molecule has 0 radical (unpaired) electrons. The Morgan fingerprint density at radius 2 is 1.19 bits per heavy atom. The van der Waals surface area contributed by atoms with Gasteiger partial charge in [0.25, 0.3) is 0 Å². The van der Waals surface area contributed by atoms with Crippen molar-refractivity contribution >= 4 is 5.97 Å². The lowest BCUT2D eigenvalue weighted by molar-refractivity contribution is -0.260. The van der Waals surface area contributed by atoms with Crippen molar-refractivity contribution in [3.8, 4) is 0 Å². The molecule has 0 aliphatic heterocycles. The van der Waals surface area contributed by atoms with E-state index in [1.807, 2.05) is 0 Å². The van der Waals surface area contributed by atoms with Gasteiger partial charge in [0.1, 0.15) is 0 Å². The van der Waals surface area contributed by atoms with Gasteiger partial charge in [-0.25, -0.2) is 4.79 Å². The Hall–Kier alpha value is -0.570. The number of unbranched alkanes of at least 4 members (excludes halogenated alkanes) is 1. The predicted molar refractivity (Wildman–Crippen MR) is 88.0 cm³/mol. The Labute approximate surface area is 131 Å². The first-order valence-corrected chi connectivity index (χ1v) is 8.05. The minimum atomic E-state index is -0.702. The lowest BCUT2D eigenvalue weighted by Crippen LogP contribution is -2.52. The number of carbonyl (C=O) groups excluding carboxylic acids is 1. The zero-order valence-electron chi connectivity index (χ0n) is 15.6. The molecule has 126 valence electrons. The summed E-state index contributed by atoms with van der Waals surface area (Å²) in [5.41, 5.74) is -0.962. The molecule has 0 fully saturated rings. The van der Waals surface area contributed by atoms with Crippen LogP contribution in [0.3, 0.4) is 0 Å². The first-order valence-electron chi connectivity index (χ1n) is 8.05. The third-order valence-electron chi connectivity index (χ3n) is 4.72. The Kier molecular flexibility index (Phi) is 6.50. The number of carbonyl (C=O) groups is 1. The van der Waals surface area contributed by atoms with Crippen molar-refractivity contribution in [2.24, 2.45) is 21.7 Å². The van der Waals surface area contributed by atoms with Crippen LogP contribution in [0.4, 0.5) is 0 Å². The van der Waals surface area contributed by atoms with Crippen molar-refractivity contribution in [3.05, 3.63) is 0 Å².